The summed E-state index contributed by atoms with van der Waals surface area (Å²) in [7, 11) is 0. The zero-order valence-electron chi connectivity index (χ0n) is 42.4. The fourth-order valence-electron chi connectivity index (χ4n) is 8.75. The molecule has 0 aliphatic heterocycles. The molecule has 0 aliphatic rings. The first-order valence-corrected chi connectivity index (χ1v) is 25.0. The number of anilines is 9. The maximum Gasteiger partial charge on any atom is 0.0462 e. The van der Waals surface area contributed by atoms with E-state index in [0.717, 1.165) is 84.6 Å². The van der Waals surface area contributed by atoms with Crippen LogP contribution in [0.25, 0.3) is 0 Å². The lowest BCUT2D eigenvalue weighted by molar-refractivity contribution is 1.27. The molecule has 10 aromatic carbocycles. The predicted octanol–water partition coefficient (Wildman–Crippen LogP) is 17.8. The highest BCUT2D eigenvalue weighted by Gasteiger charge is 2.15. The summed E-state index contributed by atoms with van der Waals surface area (Å²) in [4.78, 5) is 6.81. The second kappa shape index (κ2) is 22.1. The Balaban J connectivity index is 0.967. The van der Waals surface area contributed by atoms with Gasteiger partial charge in [0, 0.05) is 84.6 Å². The summed E-state index contributed by atoms with van der Waals surface area (Å²) in [5.41, 5.74) is 21.1. The van der Waals surface area contributed by atoms with Gasteiger partial charge in [0.05, 0.1) is 0 Å². The van der Waals surface area contributed by atoms with Crippen LogP contribution in [-0.4, -0.2) is 0 Å². The van der Waals surface area contributed by atoms with Crippen LogP contribution in [0.1, 0.15) is 61.2 Å². The van der Waals surface area contributed by atoms with Gasteiger partial charge in [-0.15, -0.1) is 0 Å². The van der Waals surface area contributed by atoms with Crippen LogP contribution in [0.4, 0.5) is 51.2 Å². The summed E-state index contributed by atoms with van der Waals surface area (Å²) in [5.74, 6) is 20.7. The van der Waals surface area contributed by atoms with Gasteiger partial charge in [-0.2, -0.15) is 0 Å². The molecule has 0 unspecified atom stereocenters. The van der Waals surface area contributed by atoms with E-state index in [0.29, 0.717) is 0 Å². The summed E-state index contributed by atoms with van der Waals surface area (Å²) < 4.78 is 0. The van der Waals surface area contributed by atoms with E-state index in [1.54, 1.807) is 0 Å². The average molecular weight is 950 g/mol. The van der Waals surface area contributed by atoms with Gasteiger partial charge in [0.25, 0.3) is 0 Å². The fourth-order valence-corrected chi connectivity index (χ4v) is 8.75. The number of hydrogen-bond donors (Lipinski definition) is 0. The van der Waals surface area contributed by atoms with Crippen molar-refractivity contribution in [3.8, 4) is 35.5 Å². The number of benzene rings is 10. The Morgan fingerprint density at radius 1 is 0.189 bits per heavy atom. The van der Waals surface area contributed by atoms with Gasteiger partial charge in [-0.25, -0.2) is 0 Å². The molecule has 0 amide bonds. The third-order valence-corrected chi connectivity index (χ3v) is 12.8. The van der Waals surface area contributed by atoms with E-state index in [-0.39, 0.29) is 0 Å². The smallest absolute Gasteiger partial charge is 0.0462 e. The van der Waals surface area contributed by atoms with Crippen LogP contribution in [0.5, 0.6) is 0 Å². The number of aryl methyl sites for hydroxylation is 5. The minimum absolute atomic E-state index is 0.833. The van der Waals surface area contributed by atoms with Crippen molar-refractivity contribution in [2.75, 3.05) is 14.7 Å². The van der Waals surface area contributed by atoms with Gasteiger partial charge in [0.2, 0.25) is 0 Å². The molecule has 0 saturated carbocycles. The number of para-hydroxylation sites is 1. The Bertz CT molecular complexity index is 3440. The Kier molecular flexibility index (Phi) is 14.3. The van der Waals surface area contributed by atoms with Gasteiger partial charge in [-0.3, -0.25) is 0 Å². The van der Waals surface area contributed by atoms with E-state index >= 15 is 0 Å². The van der Waals surface area contributed by atoms with E-state index in [2.05, 4.69) is 321 Å². The van der Waals surface area contributed by atoms with E-state index in [4.69, 9.17) is 0 Å². The van der Waals surface area contributed by atoms with Crippen molar-refractivity contribution in [2.24, 2.45) is 0 Å². The Hall–Kier alpha value is -9.72. The van der Waals surface area contributed by atoms with Gasteiger partial charge in [0.1, 0.15) is 0 Å². The maximum atomic E-state index is 3.46. The molecule has 0 aliphatic carbocycles. The normalized spacial score (nSPS) is 10.4. The molecule has 3 heteroatoms. The zero-order valence-corrected chi connectivity index (χ0v) is 42.4. The first-order valence-electron chi connectivity index (χ1n) is 25.0. The van der Waals surface area contributed by atoms with Crippen molar-refractivity contribution in [3.05, 3.63) is 304 Å². The third-order valence-electron chi connectivity index (χ3n) is 12.8. The molecule has 354 valence electrons. The molecular formula is C71H55N3. The first kappa shape index (κ1) is 47.9. The van der Waals surface area contributed by atoms with E-state index < -0.39 is 0 Å². The van der Waals surface area contributed by atoms with Gasteiger partial charge in [-0.05, 0) is 198 Å². The van der Waals surface area contributed by atoms with E-state index in [1.807, 2.05) is 6.07 Å². The minimum atomic E-state index is 0.833. The highest BCUT2D eigenvalue weighted by molar-refractivity contribution is 5.79. The van der Waals surface area contributed by atoms with Gasteiger partial charge in [0.15, 0.2) is 0 Å². The minimum Gasteiger partial charge on any atom is -0.311 e. The van der Waals surface area contributed by atoms with Crippen LogP contribution in [0.15, 0.2) is 243 Å². The fraction of sp³-hybridized carbons (Fsp3) is 0.0704. The molecule has 10 rings (SSSR count). The summed E-state index contributed by atoms with van der Waals surface area (Å²) in [6.45, 7) is 10.6. The molecule has 0 bridgehead atoms. The zero-order chi connectivity index (χ0) is 50.8. The van der Waals surface area contributed by atoms with Crippen molar-refractivity contribution in [1.82, 2.24) is 0 Å². The van der Waals surface area contributed by atoms with Crippen molar-refractivity contribution >= 4 is 51.2 Å². The van der Waals surface area contributed by atoms with Crippen LogP contribution < -0.4 is 14.7 Å². The van der Waals surface area contributed by atoms with Crippen LogP contribution >= 0.6 is 0 Å². The van der Waals surface area contributed by atoms with Crippen LogP contribution in [0.3, 0.4) is 0 Å². The number of hydrogen-bond acceptors (Lipinski definition) is 3. The van der Waals surface area contributed by atoms with Crippen molar-refractivity contribution < 1.29 is 0 Å². The van der Waals surface area contributed by atoms with E-state index in [1.165, 1.54) is 27.8 Å². The molecule has 0 atom stereocenters. The quantitative estimate of drug-likeness (QED) is 0.134. The lowest BCUT2D eigenvalue weighted by Crippen LogP contribution is -2.09. The van der Waals surface area contributed by atoms with Crippen LogP contribution in [-0.2, 0) is 0 Å². The van der Waals surface area contributed by atoms with Gasteiger partial charge >= 0.3 is 0 Å². The molecule has 0 aromatic heterocycles. The first-order chi connectivity index (χ1) is 36.2. The topological polar surface area (TPSA) is 9.72 Å². The molecule has 74 heavy (non-hydrogen) atoms. The lowest BCUT2D eigenvalue weighted by atomic mass is 10.0. The number of rotatable bonds is 9. The summed E-state index contributed by atoms with van der Waals surface area (Å²) >= 11 is 0. The second-order valence-electron chi connectivity index (χ2n) is 18.7. The average Bonchev–Trinajstić information content (AvgIpc) is 3.43. The monoisotopic (exact) mass is 949 g/mol. The predicted molar refractivity (Wildman–Crippen MR) is 311 cm³/mol. The molecule has 0 radical (unpaired) electrons. The Morgan fingerprint density at radius 3 is 0.581 bits per heavy atom. The van der Waals surface area contributed by atoms with E-state index in [9.17, 15) is 0 Å². The highest BCUT2D eigenvalue weighted by Crippen LogP contribution is 2.37. The lowest BCUT2D eigenvalue weighted by Gasteiger charge is -2.25. The molecule has 3 nitrogen and oxygen atoms in total. The highest BCUT2D eigenvalue weighted by atomic mass is 15.2. The summed E-state index contributed by atoms with van der Waals surface area (Å²) in [6, 6.07) is 85.2. The molecule has 10 aromatic rings. The van der Waals surface area contributed by atoms with Gasteiger partial charge < -0.3 is 14.7 Å². The largest absolute Gasteiger partial charge is 0.311 e. The van der Waals surface area contributed by atoms with Crippen LogP contribution in [0.2, 0.25) is 0 Å². The molecule has 0 N–H and O–H groups in total. The molecule has 0 fully saturated rings. The number of nitrogens with zero attached hydrogens (tertiary/aromatic N) is 3. The maximum absolute atomic E-state index is 3.46. The van der Waals surface area contributed by atoms with Crippen molar-refractivity contribution in [3.63, 3.8) is 0 Å². The third kappa shape index (κ3) is 11.7. The Morgan fingerprint density at radius 2 is 0.365 bits per heavy atom. The molecule has 0 spiro atoms. The van der Waals surface area contributed by atoms with Crippen LogP contribution in [0, 0.1) is 70.1 Å². The Labute approximate surface area is 437 Å². The van der Waals surface area contributed by atoms with Crippen molar-refractivity contribution in [1.29, 1.82) is 0 Å². The van der Waals surface area contributed by atoms with Gasteiger partial charge in [-0.1, -0.05) is 142 Å². The summed E-state index contributed by atoms with van der Waals surface area (Å²) in [6.07, 6.45) is 0. The van der Waals surface area contributed by atoms with Crippen molar-refractivity contribution in [2.45, 2.75) is 34.6 Å². The summed E-state index contributed by atoms with van der Waals surface area (Å²) in [5, 5.41) is 0. The standard InChI is InChI=1S/C71H55N3/c1-52-11-33-64(34-12-52)72(63-9-7-6-8-10-63)69-43-27-57(28-44-69)21-24-60-49-61(25-22-58-29-45-70(46-30-58)73(65-35-13-53(2)14-36-65)66-37-15-54(3)16-38-66)51-62(50-60)26-23-59-31-47-71(48-32-59)74(67-39-17-55(4)18-40-67)68-41-19-56(5)20-42-68/h6-20,27-51H,1-5H3. The second-order valence-corrected chi connectivity index (χ2v) is 18.7. The SMILES string of the molecule is Cc1ccc(N(c2ccccc2)c2ccc(C#Cc3cc(C#Cc4ccc(N(c5ccc(C)cc5)c5ccc(C)cc5)cc4)cc(C#Cc4ccc(N(c5ccc(C)cc5)c5ccc(C)cc5)cc4)c3)cc2)cc1. The molecule has 0 saturated heterocycles. The molecular weight excluding hydrogens is 895 g/mol. The molecule has 0 heterocycles.